The van der Waals surface area contributed by atoms with Gasteiger partial charge in [0, 0.05) is 5.56 Å². The van der Waals surface area contributed by atoms with Gasteiger partial charge < -0.3 is 19.4 Å². The monoisotopic (exact) mass is 631 g/mol. The molecule has 1 N–H and O–H groups in total. The number of carbonyl (C=O) groups is 2. The Hall–Kier alpha value is -5.37. The molecule has 0 saturated carbocycles. The summed E-state index contributed by atoms with van der Waals surface area (Å²) in [5.41, 5.74) is -0.279. The minimum atomic E-state index is -4.93. The number of nitrogens with zero attached hydrogens (tertiary/aromatic N) is 2. The molecule has 0 bridgehead atoms. The number of nitriles is 1. The Morgan fingerprint density at radius 3 is 2.26 bits per heavy atom. The van der Waals surface area contributed by atoms with Gasteiger partial charge in [-0.05, 0) is 85.0 Å². The predicted octanol–water partition coefficient (Wildman–Crippen LogP) is 6.79. The highest BCUT2D eigenvalue weighted by atomic mass is 19.4. The van der Waals surface area contributed by atoms with Crippen LogP contribution in [-0.4, -0.2) is 29.6 Å². The van der Waals surface area contributed by atoms with Gasteiger partial charge in [0.1, 0.15) is 29.2 Å². The molecule has 1 aromatic heterocycles. The average molecular weight is 632 g/mol. The number of nitrogens with one attached hydrogen (secondary N) is 1. The average Bonchev–Trinajstić information content (AvgIpc) is 3.01. The molecule has 0 spiro atoms. The Labute approximate surface area is 264 Å². The van der Waals surface area contributed by atoms with E-state index in [2.05, 4.69) is 5.32 Å². The number of methoxy groups -OCH3 is 1. The van der Waals surface area contributed by atoms with Gasteiger partial charge in [-0.3, -0.25) is 9.59 Å². The van der Waals surface area contributed by atoms with E-state index in [0.29, 0.717) is 22.6 Å². The van der Waals surface area contributed by atoms with Gasteiger partial charge in [0.05, 0.1) is 24.9 Å². The number of esters is 1. The summed E-state index contributed by atoms with van der Waals surface area (Å²) >= 11 is 0. The molecule has 0 aliphatic rings. The molecule has 0 unspecified atom stereocenters. The molecule has 1 atom stereocenters. The number of ether oxygens (including phenoxy) is 2. The first-order valence-electron chi connectivity index (χ1n) is 14.3. The van der Waals surface area contributed by atoms with Crippen LogP contribution in [-0.2, 0) is 22.3 Å². The van der Waals surface area contributed by atoms with Crippen molar-refractivity contribution in [3.63, 3.8) is 0 Å². The molecule has 0 saturated heterocycles. The van der Waals surface area contributed by atoms with Crippen LogP contribution in [0.5, 0.6) is 11.5 Å². The molecule has 4 rings (SSSR count). The maximum atomic E-state index is 14.0. The van der Waals surface area contributed by atoms with Crippen molar-refractivity contribution in [2.75, 3.05) is 7.11 Å². The highest BCUT2D eigenvalue weighted by Crippen LogP contribution is 2.34. The summed E-state index contributed by atoms with van der Waals surface area (Å²) in [6.07, 6.45) is -4.93. The first-order chi connectivity index (χ1) is 21.7. The van der Waals surface area contributed by atoms with Gasteiger partial charge in [-0.2, -0.15) is 18.4 Å². The quantitative estimate of drug-likeness (QED) is 0.204. The molecule has 0 aliphatic heterocycles. The molecular formula is C35H32F3N3O5. The number of aromatic nitrogens is 1. The van der Waals surface area contributed by atoms with Crippen molar-refractivity contribution < 1.29 is 32.2 Å². The number of halogens is 3. The van der Waals surface area contributed by atoms with Crippen molar-refractivity contribution >= 4 is 11.9 Å². The lowest BCUT2D eigenvalue weighted by Gasteiger charge is -2.20. The fourth-order valence-electron chi connectivity index (χ4n) is 4.95. The normalized spacial score (nSPS) is 11.9. The molecule has 0 aliphatic carbocycles. The molecule has 11 heteroatoms. The maximum Gasteiger partial charge on any atom is 0.417 e. The lowest BCUT2D eigenvalue weighted by atomic mass is 10.0. The second-order valence-corrected chi connectivity index (χ2v) is 11.1. The lowest BCUT2D eigenvalue weighted by Crippen LogP contribution is -2.45. The van der Waals surface area contributed by atoms with Crippen LogP contribution in [0.15, 0.2) is 77.6 Å². The zero-order valence-electron chi connectivity index (χ0n) is 25.9. The highest BCUT2D eigenvalue weighted by Gasteiger charge is 2.36. The van der Waals surface area contributed by atoms with Gasteiger partial charge in [-0.25, -0.2) is 4.79 Å². The highest BCUT2D eigenvalue weighted by molar-refractivity contribution is 5.97. The standard InChI is InChI=1S/C35H32F3N3O5/c1-20(2)31(34(44)45-5)40-32(42)24-7-6-8-27(16-24)46-26-13-11-23(12-14-26)30-17-29(35(36,37)38)28(18-39)33(43)41(30)19-25-10-9-21(3)15-22(25)4/h6-17,20,31H,19H2,1-5H3,(H,40,42)/t31-/m1/s1. The number of amides is 1. The smallest absolute Gasteiger partial charge is 0.417 e. The Morgan fingerprint density at radius 2 is 1.67 bits per heavy atom. The number of alkyl halides is 3. The third kappa shape index (κ3) is 7.46. The van der Waals surface area contributed by atoms with Gasteiger partial charge >= 0.3 is 12.1 Å². The van der Waals surface area contributed by atoms with Crippen LogP contribution in [0.1, 0.15) is 52.0 Å². The molecule has 8 nitrogen and oxygen atoms in total. The van der Waals surface area contributed by atoms with Gasteiger partial charge in [-0.15, -0.1) is 0 Å². The summed E-state index contributed by atoms with van der Waals surface area (Å²) in [5.74, 6) is -0.684. The fraction of sp³-hybridized carbons (Fsp3) is 0.257. The number of pyridine rings is 1. The number of carbonyl (C=O) groups excluding carboxylic acids is 2. The second kappa shape index (κ2) is 13.7. The topological polar surface area (TPSA) is 110 Å². The van der Waals surface area contributed by atoms with E-state index in [1.807, 2.05) is 26.0 Å². The Balaban J connectivity index is 1.67. The van der Waals surface area contributed by atoms with Crippen molar-refractivity contribution in [1.82, 2.24) is 9.88 Å². The minimum absolute atomic E-state index is 0.0215. The van der Waals surface area contributed by atoms with Crippen LogP contribution >= 0.6 is 0 Å². The Morgan fingerprint density at radius 1 is 0.978 bits per heavy atom. The molecule has 0 radical (unpaired) electrons. The molecular weight excluding hydrogens is 599 g/mol. The van der Waals surface area contributed by atoms with E-state index in [4.69, 9.17) is 9.47 Å². The van der Waals surface area contributed by atoms with Crippen LogP contribution in [0.4, 0.5) is 13.2 Å². The summed E-state index contributed by atoms with van der Waals surface area (Å²) in [6, 6.07) is 19.3. The van der Waals surface area contributed by atoms with Crippen LogP contribution in [0.3, 0.4) is 0 Å². The van der Waals surface area contributed by atoms with E-state index < -0.39 is 40.8 Å². The van der Waals surface area contributed by atoms with E-state index in [1.165, 1.54) is 48.1 Å². The molecule has 1 amide bonds. The summed E-state index contributed by atoms with van der Waals surface area (Å²) in [5, 5.41) is 12.2. The van der Waals surface area contributed by atoms with E-state index in [9.17, 15) is 32.8 Å². The summed E-state index contributed by atoms with van der Waals surface area (Å²) in [4.78, 5) is 38.3. The summed E-state index contributed by atoms with van der Waals surface area (Å²) in [6.45, 7) is 7.25. The molecule has 46 heavy (non-hydrogen) atoms. The van der Waals surface area contributed by atoms with Gasteiger partial charge in [0.25, 0.3) is 11.5 Å². The van der Waals surface area contributed by atoms with E-state index in [0.717, 1.165) is 17.2 Å². The van der Waals surface area contributed by atoms with E-state index in [-0.39, 0.29) is 23.7 Å². The molecule has 4 aromatic rings. The van der Waals surface area contributed by atoms with Crippen LogP contribution in [0, 0.1) is 31.1 Å². The number of hydrogen-bond donors (Lipinski definition) is 1. The van der Waals surface area contributed by atoms with Crippen molar-refractivity contribution in [3.8, 4) is 28.8 Å². The van der Waals surface area contributed by atoms with Crippen molar-refractivity contribution in [1.29, 1.82) is 5.26 Å². The summed E-state index contributed by atoms with van der Waals surface area (Å²) in [7, 11) is 1.24. The molecule has 3 aromatic carbocycles. The second-order valence-electron chi connectivity index (χ2n) is 11.1. The number of aryl methyl sites for hydroxylation is 2. The van der Waals surface area contributed by atoms with Gasteiger partial charge in [0.2, 0.25) is 0 Å². The third-order valence-electron chi connectivity index (χ3n) is 7.43. The van der Waals surface area contributed by atoms with Gasteiger partial charge in [-0.1, -0.05) is 43.7 Å². The van der Waals surface area contributed by atoms with Crippen LogP contribution < -0.4 is 15.6 Å². The first kappa shape index (κ1) is 33.5. The van der Waals surface area contributed by atoms with Crippen molar-refractivity contribution in [3.05, 3.63) is 117 Å². The number of rotatable bonds is 9. The van der Waals surface area contributed by atoms with E-state index >= 15 is 0 Å². The fourth-order valence-corrected chi connectivity index (χ4v) is 4.95. The largest absolute Gasteiger partial charge is 0.467 e. The zero-order valence-corrected chi connectivity index (χ0v) is 25.9. The van der Waals surface area contributed by atoms with Gasteiger partial charge in [0.15, 0.2) is 0 Å². The SMILES string of the molecule is COC(=O)[C@H](NC(=O)c1cccc(Oc2ccc(-c3cc(C(F)(F)F)c(C#N)c(=O)n3Cc3ccc(C)cc3C)cc2)c1)C(C)C. The minimum Gasteiger partial charge on any atom is -0.467 e. The van der Waals surface area contributed by atoms with Crippen molar-refractivity contribution in [2.45, 2.75) is 46.5 Å². The molecule has 1 heterocycles. The maximum absolute atomic E-state index is 14.0. The predicted molar refractivity (Wildman–Crippen MR) is 165 cm³/mol. The van der Waals surface area contributed by atoms with Crippen molar-refractivity contribution in [2.24, 2.45) is 5.92 Å². The molecule has 0 fully saturated rings. The lowest BCUT2D eigenvalue weighted by molar-refractivity contribution is -0.144. The number of hydrogen-bond acceptors (Lipinski definition) is 6. The molecule has 238 valence electrons. The summed E-state index contributed by atoms with van der Waals surface area (Å²) < 4.78 is 53.8. The van der Waals surface area contributed by atoms with Crippen LogP contribution in [0.25, 0.3) is 11.3 Å². The van der Waals surface area contributed by atoms with Crippen LogP contribution in [0.2, 0.25) is 0 Å². The third-order valence-corrected chi connectivity index (χ3v) is 7.43. The zero-order chi connectivity index (χ0) is 33.8. The van der Waals surface area contributed by atoms with E-state index in [1.54, 1.807) is 38.1 Å². The Kier molecular flexibility index (Phi) is 10.0. The number of benzene rings is 3. The Bertz CT molecular complexity index is 1870. The first-order valence-corrected chi connectivity index (χ1v) is 14.3.